The molecular weight excluding hydrogens is 212 g/mol. The fraction of sp³-hybridized carbons (Fsp3) is 0.357. The highest BCUT2D eigenvalue weighted by atomic mass is 16.3. The van der Waals surface area contributed by atoms with Crippen LogP contribution >= 0.6 is 0 Å². The van der Waals surface area contributed by atoms with E-state index in [0.717, 1.165) is 16.6 Å². The summed E-state index contributed by atoms with van der Waals surface area (Å²) < 4.78 is 0. The number of pyridine rings is 1. The molecule has 2 rings (SSSR count). The molecule has 0 fully saturated rings. The SMILES string of the molecule is CC(C)C(CO)Nc1nccc2ccccc12. The average molecular weight is 230 g/mol. The monoisotopic (exact) mass is 230 g/mol. The molecule has 0 aliphatic carbocycles. The number of fused-ring (bicyclic) bond motifs is 1. The molecule has 0 radical (unpaired) electrons. The van der Waals surface area contributed by atoms with Crippen molar-refractivity contribution in [1.29, 1.82) is 0 Å². The molecule has 2 aromatic rings. The lowest BCUT2D eigenvalue weighted by Gasteiger charge is -2.21. The van der Waals surface area contributed by atoms with Gasteiger partial charge in [0.25, 0.3) is 0 Å². The van der Waals surface area contributed by atoms with E-state index >= 15 is 0 Å². The fourth-order valence-corrected chi connectivity index (χ4v) is 1.83. The molecule has 2 N–H and O–H groups in total. The molecule has 1 aromatic carbocycles. The molecule has 0 saturated carbocycles. The lowest BCUT2D eigenvalue weighted by molar-refractivity contribution is 0.249. The maximum Gasteiger partial charge on any atom is 0.134 e. The number of nitrogens with one attached hydrogen (secondary N) is 1. The van der Waals surface area contributed by atoms with E-state index in [9.17, 15) is 5.11 Å². The number of rotatable bonds is 4. The topological polar surface area (TPSA) is 45.1 Å². The first-order valence-corrected chi connectivity index (χ1v) is 5.93. The molecule has 3 nitrogen and oxygen atoms in total. The first-order valence-electron chi connectivity index (χ1n) is 5.93. The second-order valence-corrected chi connectivity index (χ2v) is 4.56. The molecule has 1 heterocycles. The van der Waals surface area contributed by atoms with Gasteiger partial charge in [-0.1, -0.05) is 38.1 Å². The molecule has 1 atom stereocenters. The van der Waals surface area contributed by atoms with E-state index in [1.54, 1.807) is 6.20 Å². The van der Waals surface area contributed by atoms with Crippen molar-refractivity contribution >= 4 is 16.6 Å². The summed E-state index contributed by atoms with van der Waals surface area (Å²) in [6.07, 6.45) is 1.79. The predicted molar refractivity (Wildman–Crippen MR) is 71.1 cm³/mol. The van der Waals surface area contributed by atoms with Crippen molar-refractivity contribution in [3.63, 3.8) is 0 Å². The molecule has 1 aromatic heterocycles. The Morgan fingerprint density at radius 1 is 1.24 bits per heavy atom. The molecular formula is C14H18N2O. The van der Waals surface area contributed by atoms with E-state index in [2.05, 4.69) is 30.2 Å². The van der Waals surface area contributed by atoms with Crippen LogP contribution in [0.2, 0.25) is 0 Å². The summed E-state index contributed by atoms with van der Waals surface area (Å²) in [7, 11) is 0. The normalized spacial score (nSPS) is 12.9. The Hall–Kier alpha value is -1.61. The van der Waals surface area contributed by atoms with Gasteiger partial charge in [0.15, 0.2) is 0 Å². The van der Waals surface area contributed by atoms with Crippen molar-refractivity contribution in [1.82, 2.24) is 4.98 Å². The third-order valence-electron chi connectivity index (χ3n) is 3.00. The van der Waals surface area contributed by atoms with Crippen LogP contribution in [0.25, 0.3) is 10.8 Å². The van der Waals surface area contributed by atoms with Crippen LogP contribution in [0, 0.1) is 5.92 Å². The standard InChI is InChI=1S/C14H18N2O/c1-10(2)13(9-17)16-14-12-6-4-3-5-11(12)7-8-15-14/h3-8,10,13,17H,9H2,1-2H3,(H,15,16). The Morgan fingerprint density at radius 2 is 2.00 bits per heavy atom. The number of aliphatic hydroxyl groups excluding tert-OH is 1. The third kappa shape index (κ3) is 2.56. The minimum Gasteiger partial charge on any atom is -0.394 e. The molecule has 17 heavy (non-hydrogen) atoms. The average Bonchev–Trinajstić information content (AvgIpc) is 2.35. The molecule has 0 spiro atoms. The highest BCUT2D eigenvalue weighted by Crippen LogP contribution is 2.22. The Bertz CT molecular complexity index is 491. The maximum atomic E-state index is 9.34. The molecule has 0 bridgehead atoms. The van der Waals surface area contributed by atoms with Crippen molar-refractivity contribution in [3.8, 4) is 0 Å². The zero-order valence-electron chi connectivity index (χ0n) is 10.2. The van der Waals surface area contributed by atoms with E-state index in [-0.39, 0.29) is 12.6 Å². The van der Waals surface area contributed by atoms with Gasteiger partial charge in [-0.05, 0) is 17.4 Å². The van der Waals surface area contributed by atoms with Gasteiger partial charge < -0.3 is 10.4 Å². The van der Waals surface area contributed by atoms with Crippen LogP contribution in [-0.4, -0.2) is 22.7 Å². The van der Waals surface area contributed by atoms with Gasteiger partial charge in [0.05, 0.1) is 12.6 Å². The van der Waals surface area contributed by atoms with Crippen LogP contribution in [0.15, 0.2) is 36.5 Å². The Balaban J connectivity index is 2.35. The van der Waals surface area contributed by atoms with Crippen molar-refractivity contribution in [3.05, 3.63) is 36.5 Å². The quantitative estimate of drug-likeness (QED) is 0.848. The van der Waals surface area contributed by atoms with Crippen molar-refractivity contribution in [2.75, 3.05) is 11.9 Å². The summed E-state index contributed by atoms with van der Waals surface area (Å²) in [6, 6.07) is 10.1. The number of aliphatic hydroxyl groups is 1. The number of nitrogens with zero attached hydrogens (tertiary/aromatic N) is 1. The number of anilines is 1. The van der Waals surface area contributed by atoms with Gasteiger partial charge in [0.2, 0.25) is 0 Å². The lowest BCUT2D eigenvalue weighted by Crippen LogP contribution is -2.29. The lowest BCUT2D eigenvalue weighted by atomic mass is 10.0. The minimum atomic E-state index is 0.0355. The van der Waals surface area contributed by atoms with E-state index in [1.807, 2.05) is 24.3 Å². The summed E-state index contributed by atoms with van der Waals surface area (Å²) in [5, 5.41) is 14.9. The minimum absolute atomic E-state index is 0.0355. The molecule has 1 unspecified atom stereocenters. The van der Waals surface area contributed by atoms with Crippen LogP contribution < -0.4 is 5.32 Å². The van der Waals surface area contributed by atoms with E-state index in [1.165, 1.54) is 0 Å². The first-order chi connectivity index (χ1) is 8.22. The van der Waals surface area contributed by atoms with Gasteiger partial charge in [-0.25, -0.2) is 4.98 Å². The van der Waals surface area contributed by atoms with E-state index in [0.29, 0.717) is 5.92 Å². The summed E-state index contributed by atoms with van der Waals surface area (Å²) in [5.74, 6) is 1.21. The van der Waals surface area contributed by atoms with Crippen LogP contribution in [-0.2, 0) is 0 Å². The summed E-state index contributed by atoms with van der Waals surface area (Å²) in [4.78, 5) is 4.35. The van der Waals surface area contributed by atoms with Crippen LogP contribution in [0.5, 0.6) is 0 Å². The van der Waals surface area contributed by atoms with Gasteiger partial charge in [-0.3, -0.25) is 0 Å². The zero-order chi connectivity index (χ0) is 12.3. The number of hydrogen-bond acceptors (Lipinski definition) is 3. The van der Waals surface area contributed by atoms with Crippen LogP contribution in [0.3, 0.4) is 0 Å². The Morgan fingerprint density at radius 3 is 2.71 bits per heavy atom. The predicted octanol–water partition coefficient (Wildman–Crippen LogP) is 2.66. The van der Waals surface area contributed by atoms with E-state index in [4.69, 9.17) is 0 Å². The van der Waals surface area contributed by atoms with Crippen LogP contribution in [0.4, 0.5) is 5.82 Å². The highest BCUT2D eigenvalue weighted by Gasteiger charge is 2.13. The van der Waals surface area contributed by atoms with Gasteiger partial charge in [-0.2, -0.15) is 0 Å². The van der Waals surface area contributed by atoms with Crippen LogP contribution in [0.1, 0.15) is 13.8 Å². The summed E-state index contributed by atoms with van der Waals surface area (Å²) in [5.41, 5.74) is 0. The molecule has 0 saturated heterocycles. The zero-order valence-corrected chi connectivity index (χ0v) is 10.2. The fourth-order valence-electron chi connectivity index (χ4n) is 1.83. The summed E-state index contributed by atoms with van der Waals surface area (Å²) >= 11 is 0. The first kappa shape index (κ1) is 11.9. The molecule has 0 amide bonds. The van der Waals surface area contributed by atoms with Crippen molar-refractivity contribution < 1.29 is 5.11 Å². The largest absolute Gasteiger partial charge is 0.394 e. The van der Waals surface area contributed by atoms with Gasteiger partial charge >= 0.3 is 0 Å². The van der Waals surface area contributed by atoms with Gasteiger partial charge in [0, 0.05) is 11.6 Å². The molecule has 0 aliphatic rings. The molecule has 90 valence electrons. The van der Waals surface area contributed by atoms with Crippen molar-refractivity contribution in [2.45, 2.75) is 19.9 Å². The third-order valence-corrected chi connectivity index (χ3v) is 3.00. The van der Waals surface area contributed by atoms with E-state index < -0.39 is 0 Å². The Labute approximate surface area is 102 Å². The summed E-state index contributed by atoms with van der Waals surface area (Å²) in [6.45, 7) is 4.28. The highest BCUT2D eigenvalue weighted by molar-refractivity contribution is 5.91. The Kier molecular flexibility index (Phi) is 3.59. The second kappa shape index (κ2) is 5.15. The smallest absolute Gasteiger partial charge is 0.134 e. The van der Waals surface area contributed by atoms with Gasteiger partial charge in [0.1, 0.15) is 5.82 Å². The number of aromatic nitrogens is 1. The number of benzene rings is 1. The van der Waals surface area contributed by atoms with Crippen molar-refractivity contribution in [2.24, 2.45) is 5.92 Å². The van der Waals surface area contributed by atoms with Gasteiger partial charge in [-0.15, -0.1) is 0 Å². The number of hydrogen-bond donors (Lipinski definition) is 2. The molecule has 0 aliphatic heterocycles. The molecule has 3 heteroatoms. The maximum absolute atomic E-state index is 9.34. The second-order valence-electron chi connectivity index (χ2n) is 4.56.